The average Bonchev–Trinajstić information content (AvgIpc) is 3.28. The predicted molar refractivity (Wildman–Crippen MR) is 150 cm³/mol. The number of aliphatic carboxylic acids is 2. The van der Waals surface area contributed by atoms with Crippen LogP contribution in [0.25, 0.3) is 22.4 Å². The number of benzene rings is 3. The number of nitrogens with one attached hydrogen (secondary N) is 3. The first-order valence-corrected chi connectivity index (χ1v) is 12.5. The van der Waals surface area contributed by atoms with Gasteiger partial charge in [-0.1, -0.05) is 54.6 Å². The number of nitrogens with two attached hydrogens (primary N) is 1. The minimum Gasteiger partial charge on any atom is -0.481 e. The molecule has 1 aromatic heterocycles. The van der Waals surface area contributed by atoms with Gasteiger partial charge in [0.25, 0.3) is 5.91 Å². The van der Waals surface area contributed by atoms with Gasteiger partial charge in [-0.3, -0.25) is 19.8 Å². The molecule has 0 fully saturated rings. The van der Waals surface area contributed by atoms with E-state index in [4.69, 9.17) is 11.1 Å². The molecule has 0 aliphatic heterocycles. The van der Waals surface area contributed by atoms with Crippen molar-refractivity contribution in [2.45, 2.75) is 24.9 Å². The summed E-state index contributed by atoms with van der Waals surface area (Å²) in [6.45, 7) is 0. The lowest BCUT2D eigenvalue weighted by atomic mass is 10.0. The molecule has 41 heavy (non-hydrogen) atoms. The van der Waals surface area contributed by atoms with Crippen LogP contribution < -0.4 is 16.4 Å². The zero-order valence-electron chi connectivity index (χ0n) is 22.0. The molecule has 2 amide bonds. The lowest BCUT2D eigenvalue weighted by Crippen LogP contribution is -2.52. The summed E-state index contributed by atoms with van der Waals surface area (Å²) in [5.41, 5.74) is 8.87. The van der Waals surface area contributed by atoms with Crippen LogP contribution in [0.5, 0.6) is 0 Å². The van der Waals surface area contributed by atoms with E-state index in [0.29, 0.717) is 22.5 Å². The van der Waals surface area contributed by atoms with E-state index in [-0.39, 0.29) is 17.8 Å². The standard InChI is InChI=1S/C29H28N6O6/c1-35-23-12-11-19(14-20(23)32-26(35)18-9-7-17(8-10-18)25(30)31)27(38)33-21(15-24(36)37)28(39)34-22(29(40)41)13-16-5-3-2-4-6-16/h2-12,14,21-22H,13,15H2,1H3,(H3,30,31)(H,33,38)(H,34,39)(H,36,37)(H,40,41). The molecule has 12 nitrogen and oxygen atoms in total. The molecule has 12 heteroatoms. The van der Waals surface area contributed by atoms with Crippen molar-refractivity contribution in [1.82, 2.24) is 20.2 Å². The van der Waals surface area contributed by atoms with Crippen molar-refractivity contribution in [3.63, 3.8) is 0 Å². The second-order valence-corrected chi connectivity index (χ2v) is 9.40. The third-order valence-corrected chi connectivity index (χ3v) is 6.49. The van der Waals surface area contributed by atoms with Crippen molar-refractivity contribution in [3.05, 3.63) is 89.5 Å². The highest BCUT2D eigenvalue weighted by atomic mass is 16.4. The Kier molecular flexibility index (Phi) is 8.42. The maximum Gasteiger partial charge on any atom is 0.326 e. The SMILES string of the molecule is Cn1c(-c2ccc(C(=N)N)cc2)nc2cc(C(=O)NC(CC(=O)O)C(=O)NC(Cc3ccccc3)C(=O)O)ccc21. The minimum atomic E-state index is -1.52. The van der Waals surface area contributed by atoms with Gasteiger partial charge in [-0.05, 0) is 23.8 Å². The highest BCUT2D eigenvalue weighted by Gasteiger charge is 2.29. The van der Waals surface area contributed by atoms with Gasteiger partial charge in [0.15, 0.2) is 0 Å². The zero-order valence-corrected chi connectivity index (χ0v) is 22.0. The Morgan fingerprint density at radius 2 is 1.59 bits per heavy atom. The van der Waals surface area contributed by atoms with E-state index in [2.05, 4.69) is 15.6 Å². The van der Waals surface area contributed by atoms with E-state index < -0.39 is 42.3 Å². The minimum absolute atomic E-state index is 0.0220. The summed E-state index contributed by atoms with van der Waals surface area (Å²) in [5.74, 6) is -3.74. The molecule has 2 unspecified atom stereocenters. The van der Waals surface area contributed by atoms with Crippen LogP contribution in [0.15, 0.2) is 72.8 Å². The quantitative estimate of drug-likeness (QED) is 0.119. The van der Waals surface area contributed by atoms with Crippen LogP contribution in [-0.4, -0.2) is 61.4 Å². The van der Waals surface area contributed by atoms with E-state index in [9.17, 15) is 29.4 Å². The summed E-state index contributed by atoms with van der Waals surface area (Å²) in [4.78, 5) is 53.9. The molecule has 3 aromatic carbocycles. The third kappa shape index (κ3) is 6.74. The van der Waals surface area contributed by atoms with Gasteiger partial charge in [-0.25, -0.2) is 9.78 Å². The van der Waals surface area contributed by atoms with E-state index in [1.165, 1.54) is 12.1 Å². The highest BCUT2D eigenvalue weighted by Crippen LogP contribution is 2.25. The number of carboxylic acids is 2. The van der Waals surface area contributed by atoms with Crippen LogP contribution in [0.3, 0.4) is 0 Å². The maximum atomic E-state index is 13.1. The lowest BCUT2D eigenvalue weighted by molar-refractivity contribution is -0.142. The molecule has 2 atom stereocenters. The molecule has 4 aromatic rings. The smallest absolute Gasteiger partial charge is 0.326 e. The molecule has 0 saturated carbocycles. The van der Waals surface area contributed by atoms with Crippen molar-refractivity contribution in [3.8, 4) is 11.4 Å². The molecule has 0 aliphatic carbocycles. The van der Waals surface area contributed by atoms with Gasteiger partial charge in [0.2, 0.25) is 5.91 Å². The number of fused-ring (bicyclic) bond motifs is 1. The summed E-state index contributed by atoms with van der Waals surface area (Å²) in [5, 5.41) is 31.3. The Bertz CT molecular complexity index is 1630. The number of carbonyl (C=O) groups excluding carboxylic acids is 2. The first kappa shape index (κ1) is 28.5. The molecular weight excluding hydrogens is 528 g/mol. The summed E-state index contributed by atoms with van der Waals surface area (Å²) in [6, 6.07) is 17.5. The van der Waals surface area contributed by atoms with E-state index in [0.717, 1.165) is 11.1 Å². The van der Waals surface area contributed by atoms with Crippen LogP contribution in [0.1, 0.15) is 27.9 Å². The number of carboxylic acid groups (broad SMARTS) is 2. The van der Waals surface area contributed by atoms with Gasteiger partial charge in [0.1, 0.15) is 23.7 Å². The molecule has 0 bridgehead atoms. The summed E-state index contributed by atoms with van der Waals surface area (Å²) >= 11 is 0. The van der Waals surface area contributed by atoms with Gasteiger partial charge in [0.05, 0.1) is 17.5 Å². The summed E-state index contributed by atoms with van der Waals surface area (Å²) in [7, 11) is 1.81. The number of aromatic nitrogens is 2. The second kappa shape index (κ2) is 12.1. The largest absolute Gasteiger partial charge is 0.481 e. The van der Waals surface area contributed by atoms with Gasteiger partial charge in [-0.2, -0.15) is 0 Å². The van der Waals surface area contributed by atoms with Gasteiger partial charge < -0.3 is 31.1 Å². The fourth-order valence-electron chi connectivity index (χ4n) is 4.35. The first-order valence-electron chi connectivity index (χ1n) is 12.5. The normalized spacial score (nSPS) is 12.3. The van der Waals surface area contributed by atoms with Crippen molar-refractivity contribution in [2.75, 3.05) is 0 Å². The second-order valence-electron chi connectivity index (χ2n) is 9.40. The Morgan fingerprint density at radius 1 is 0.927 bits per heavy atom. The van der Waals surface area contributed by atoms with E-state index >= 15 is 0 Å². The van der Waals surface area contributed by atoms with Crippen LogP contribution >= 0.6 is 0 Å². The third-order valence-electron chi connectivity index (χ3n) is 6.49. The number of aryl methyl sites for hydroxylation is 1. The van der Waals surface area contributed by atoms with Crippen molar-refractivity contribution in [1.29, 1.82) is 5.41 Å². The monoisotopic (exact) mass is 556 g/mol. The molecule has 0 saturated heterocycles. The van der Waals surface area contributed by atoms with Crippen molar-refractivity contribution < 1.29 is 29.4 Å². The molecule has 0 spiro atoms. The van der Waals surface area contributed by atoms with Gasteiger partial charge in [-0.15, -0.1) is 0 Å². The molecule has 1 heterocycles. The number of nitrogens with zero attached hydrogens (tertiary/aromatic N) is 2. The van der Waals surface area contributed by atoms with Crippen LogP contribution in [0, 0.1) is 5.41 Å². The Hall–Kier alpha value is -5.52. The number of hydrogen-bond acceptors (Lipinski definition) is 6. The number of nitrogen functional groups attached to an aromatic ring is 1. The van der Waals surface area contributed by atoms with E-state index in [1.54, 1.807) is 60.7 Å². The fraction of sp³-hybridized carbons (Fsp3) is 0.172. The molecular formula is C29H28N6O6. The number of amidine groups is 1. The van der Waals surface area contributed by atoms with Crippen molar-refractivity contribution >= 4 is 40.6 Å². The fourth-order valence-corrected chi connectivity index (χ4v) is 4.35. The van der Waals surface area contributed by atoms with Crippen LogP contribution in [0.2, 0.25) is 0 Å². The van der Waals surface area contributed by atoms with Gasteiger partial charge in [0, 0.05) is 30.2 Å². The Morgan fingerprint density at radius 3 is 2.20 bits per heavy atom. The lowest BCUT2D eigenvalue weighted by Gasteiger charge is -2.20. The molecule has 210 valence electrons. The number of rotatable bonds is 11. The number of carbonyl (C=O) groups is 4. The predicted octanol–water partition coefficient (Wildman–Crippen LogP) is 1.91. The number of imidazole rings is 1. The Labute approximate surface area is 234 Å². The number of hydrogen-bond donors (Lipinski definition) is 6. The average molecular weight is 557 g/mol. The van der Waals surface area contributed by atoms with Gasteiger partial charge >= 0.3 is 11.9 Å². The number of amides is 2. The molecule has 0 radical (unpaired) electrons. The summed E-state index contributed by atoms with van der Waals surface area (Å²) in [6.07, 6.45) is -0.771. The Balaban J connectivity index is 1.53. The zero-order chi connectivity index (χ0) is 29.7. The molecule has 0 aliphatic rings. The van der Waals surface area contributed by atoms with E-state index in [1.807, 2.05) is 11.6 Å². The maximum absolute atomic E-state index is 13.1. The van der Waals surface area contributed by atoms with Crippen molar-refractivity contribution in [2.24, 2.45) is 12.8 Å². The highest BCUT2D eigenvalue weighted by molar-refractivity contribution is 6.01. The van der Waals surface area contributed by atoms with Crippen LogP contribution in [-0.2, 0) is 27.9 Å². The first-order chi connectivity index (χ1) is 19.5. The summed E-state index contributed by atoms with van der Waals surface area (Å²) < 4.78 is 1.83. The topological polar surface area (TPSA) is 200 Å². The van der Waals surface area contributed by atoms with Crippen LogP contribution in [0.4, 0.5) is 0 Å². The molecule has 4 rings (SSSR count). The molecule has 7 N–H and O–H groups in total.